The molecule has 0 saturated heterocycles. The topological polar surface area (TPSA) is 102 Å². The lowest BCUT2D eigenvalue weighted by atomic mass is 10.2. The van der Waals surface area contributed by atoms with Gasteiger partial charge in [-0.2, -0.15) is 0 Å². The summed E-state index contributed by atoms with van der Waals surface area (Å²) in [5.41, 5.74) is 1.15. The van der Waals surface area contributed by atoms with Crippen LogP contribution >= 0.6 is 0 Å². The lowest BCUT2D eigenvalue weighted by Gasteiger charge is -2.18. The standard InChI is InChI=1S/C19H25NO2.C4H4O4/c1-16(13-20(2)3)14-21-18-11-7-8-12-19(18)22-15-17-9-5-4-6-10-17;5-3(6)1-2-4(7)8/h4-12,16H,13-15H2,1-3H3;1-2H,(H,5,6)(H,7,8)/p-2. The first kappa shape index (κ1) is 24.7. The van der Waals surface area contributed by atoms with Crippen LogP contribution in [0.3, 0.4) is 0 Å². The zero-order valence-corrected chi connectivity index (χ0v) is 17.4. The normalized spacial score (nSPS) is 11.5. The van der Waals surface area contributed by atoms with Crippen LogP contribution in [-0.4, -0.2) is 44.1 Å². The van der Waals surface area contributed by atoms with E-state index in [-0.39, 0.29) is 0 Å². The molecule has 0 fully saturated rings. The van der Waals surface area contributed by atoms with Crippen molar-refractivity contribution in [3.8, 4) is 11.5 Å². The van der Waals surface area contributed by atoms with Gasteiger partial charge in [0.15, 0.2) is 11.5 Å². The van der Waals surface area contributed by atoms with E-state index in [0.29, 0.717) is 31.3 Å². The van der Waals surface area contributed by atoms with Gasteiger partial charge in [0.2, 0.25) is 0 Å². The predicted octanol–water partition coefficient (Wildman–Crippen LogP) is 0.885. The number of carbonyl (C=O) groups excluding carboxylic acids is 2. The molecule has 0 aromatic heterocycles. The van der Waals surface area contributed by atoms with Crippen LogP contribution in [0.2, 0.25) is 0 Å². The quantitative estimate of drug-likeness (QED) is 0.533. The molecule has 2 rings (SSSR count). The Labute approximate surface area is 177 Å². The van der Waals surface area contributed by atoms with Crippen LogP contribution in [0.15, 0.2) is 66.7 Å². The van der Waals surface area contributed by atoms with Crippen molar-refractivity contribution < 1.29 is 29.3 Å². The minimum absolute atomic E-state index is 0.384. The number of benzene rings is 2. The monoisotopic (exact) mass is 413 g/mol. The Balaban J connectivity index is 0.000000479. The van der Waals surface area contributed by atoms with E-state index in [1.807, 2.05) is 42.5 Å². The van der Waals surface area contributed by atoms with Crippen molar-refractivity contribution in [1.82, 2.24) is 4.90 Å². The Kier molecular flexibility index (Phi) is 11.4. The molecule has 0 radical (unpaired) electrons. The van der Waals surface area contributed by atoms with E-state index < -0.39 is 11.9 Å². The molecule has 0 heterocycles. The predicted molar refractivity (Wildman–Crippen MR) is 110 cm³/mol. The van der Waals surface area contributed by atoms with E-state index in [4.69, 9.17) is 9.47 Å². The first-order chi connectivity index (χ1) is 14.3. The SMILES string of the molecule is CC(COc1ccccc1OCc1ccccc1)CN(C)C.O=C([O-])C=CC(=O)[O-]. The number of hydrogen-bond acceptors (Lipinski definition) is 7. The van der Waals surface area contributed by atoms with Gasteiger partial charge in [-0.25, -0.2) is 0 Å². The lowest BCUT2D eigenvalue weighted by Crippen LogP contribution is -2.24. The van der Waals surface area contributed by atoms with Gasteiger partial charge >= 0.3 is 0 Å². The van der Waals surface area contributed by atoms with Gasteiger partial charge in [0, 0.05) is 12.5 Å². The number of aliphatic carboxylic acids is 2. The van der Waals surface area contributed by atoms with Crippen LogP contribution in [0.1, 0.15) is 12.5 Å². The van der Waals surface area contributed by atoms with Gasteiger partial charge in [0.1, 0.15) is 6.61 Å². The van der Waals surface area contributed by atoms with Gasteiger partial charge in [0.05, 0.1) is 18.5 Å². The highest BCUT2D eigenvalue weighted by Crippen LogP contribution is 2.27. The Hall–Kier alpha value is -3.32. The van der Waals surface area contributed by atoms with Crippen molar-refractivity contribution in [2.75, 3.05) is 27.2 Å². The van der Waals surface area contributed by atoms with Crippen molar-refractivity contribution in [2.45, 2.75) is 13.5 Å². The highest BCUT2D eigenvalue weighted by molar-refractivity contribution is 5.87. The molecule has 0 bridgehead atoms. The molecule has 0 spiro atoms. The highest BCUT2D eigenvalue weighted by Gasteiger charge is 2.08. The molecule has 1 unspecified atom stereocenters. The third-order valence-electron chi connectivity index (χ3n) is 3.64. The maximum atomic E-state index is 9.41. The minimum atomic E-state index is -1.55. The Morgan fingerprint density at radius 3 is 1.90 bits per heavy atom. The molecule has 0 aliphatic carbocycles. The van der Waals surface area contributed by atoms with E-state index in [0.717, 1.165) is 23.6 Å². The number of carboxylic acids is 2. The average molecular weight is 413 g/mol. The van der Waals surface area contributed by atoms with Gasteiger partial charge in [0.25, 0.3) is 0 Å². The van der Waals surface area contributed by atoms with E-state index in [9.17, 15) is 19.8 Å². The summed E-state index contributed by atoms with van der Waals surface area (Å²) in [5.74, 6) is -1.02. The smallest absolute Gasteiger partial charge is 0.161 e. The fourth-order valence-corrected chi connectivity index (χ4v) is 2.47. The zero-order valence-electron chi connectivity index (χ0n) is 17.4. The summed E-state index contributed by atoms with van der Waals surface area (Å²) in [6.07, 6.45) is 0.769. The summed E-state index contributed by atoms with van der Waals surface area (Å²) in [4.78, 5) is 21.0. The summed E-state index contributed by atoms with van der Waals surface area (Å²) in [5, 5.41) is 18.8. The maximum Gasteiger partial charge on any atom is 0.161 e. The summed E-state index contributed by atoms with van der Waals surface area (Å²) in [6.45, 7) is 4.43. The van der Waals surface area contributed by atoms with Gasteiger partial charge < -0.3 is 34.2 Å². The molecular weight excluding hydrogens is 386 g/mol. The van der Waals surface area contributed by atoms with Gasteiger partial charge in [-0.15, -0.1) is 0 Å². The molecule has 0 amide bonds. The lowest BCUT2D eigenvalue weighted by molar-refractivity contribution is -0.301. The fourth-order valence-electron chi connectivity index (χ4n) is 2.47. The van der Waals surface area contributed by atoms with Gasteiger partial charge in [-0.1, -0.05) is 49.4 Å². The van der Waals surface area contributed by atoms with Crippen molar-refractivity contribution in [3.05, 3.63) is 72.3 Å². The first-order valence-electron chi connectivity index (χ1n) is 9.41. The molecule has 7 nitrogen and oxygen atoms in total. The third-order valence-corrected chi connectivity index (χ3v) is 3.64. The van der Waals surface area contributed by atoms with Gasteiger partial charge in [-0.05, 0) is 43.9 Å². The summed E-state index contributed by atoms with van der Waals surface area (Å²) in [7, 11) is 4.15. The van der Waals surface area contributed by atoms with Gasteiger partial charge in [-0.3, -0.25) is 0 Å². The molecular formula is C23H27NO6-2. The number of para-hydroxylation sites is 2. The minimum Gasteiger partial charge on any atom is -0.545 e. The van der Waals surface area contributed by atoms with Crippen molar-refractivity contribution >= 4 is 11.9 Å². The molecule has 2 aromatic rings. The van der Waals surface area contributed by atoms with Crippen molar-refractivity contribution in [2.24, 2.45) is 5.92 Å². The average Bonchev–Trinajstić information content (AvgIpc) is 2.70. The molecule has 0 aliphatic heterocycles. The molecule has 7 heteroatoms. The maximum absolute atomic E-state index is 9.41. The third kappa shape index (κ3) is 11.5. The fraction of sp³-hybridized carbons (Fsp3) is 0.304. The molecule has 30 heavy (non-hydrogen) atoms. The number of hydrogen-bond donors (Lipinski definition) is 0. The van der Waals surface area contributed by atoms with E-state index in [1.165, 1.54) is 0 Å². The van der Waals surface area contributed by atoms with Crippen LogP contribution in [0, 0.1) is 5.92 Å². The number of carbonyl (C=O) groups is 2. The van der Waals surface area contributed by atoms with E-state index >= 15 is 0 Å². The van der Waals surface area contributed by atoms with Crippen molar-refractivity contribution in [3.63, 3.8) is 0 Å². The zero-order chi connectivity index (χ0) is 22.4. The van der Waals surface area contributed by atoms with Crippen LogP contribution < -0.4 is 19.7 Å². The molecule has 0 saturated carbocycles. The first-order valence-corrected chi connectivity index (χ1v) is 9.41. The summed E-state index contributed by atoms with van der Waals surface area (Å²) < 4.78 is 11.8. The molecule has 2 aromatic carbocycles. The number of ether oxygens (including phenoxy) is 2. The Bertz CT molecular complexity index is 788. The van der Waals surface area contributed by atoms with E-state index in [2.05, 4.69) is 38.1 Å². The second-order valence-corrected chi connectivity index (χ2v) is 6.87. The van der Waals surface area contributed by atoms with Crippen LogP contribution in [0.5, 0.6) is 11.5 Å². The number of carboxylic acid groups (broad SMARTS) is 2. The molecule has 0 N–H and O–H groups in total. The van der Waals surface area contributed by atoms with Crippen LogP contribution in [-0.2, 0) is 16.2 Å². The van der Waals surface area contributed by atoms with Crippen LogP contribution in [0.4, 0.5) is 0 Å². The van der Waals surface area contributed by atoms with E-state index in [1.54, 1.807) is 0 Å². The summed E-state index contributed by atoms with van der Waals surface area (Å²) in [6, 6.07) is 18.0. The molecule has 1 atom stereocenters. The van der Waals surface area contributed by atoms with Crippen LogP contribution in [0.25, 0.3) is 0 Å². The highest BCUT2D eigenvalue weighted by atomic mass is 16.5. The number of rotatable bonds is 10. The largest absolute Gasteiger partial charge is 0.545 e. The Morgan fingerprint density at radius 2 is 1.40 bits per heavy atom. The molecule has 0 aliphatic rings. The van der Waals surface area contributed by atoms with Crippen molar-refractivity contribution in [1.29, 1.82) is 0 Å². The Morgan fingerprint density at radius 1 is 0.900 bits per heavy atom. The molecule has 162 valence electrons. The summed E-state index contributed by atoms with van der Waals surface area (Å²) >= 11 is 0. The second kappa shape index (κ2) is 13.8. The second-order valence-electron chi connectivity index (χ2n) is 6.87. The number of nitrogens with zero attached hydrogens (tertiary/aromatic N) is 1.